The predicted octanol–water partition coefficient (Wildman–Crippen LogP) is 4.24. The third kappa shape index (κ3) is 4.59. The largest absolute Gasteiger partial charge is 0.469 e. The molecule has 1 aliphatic heterocycles. The van der Waals surface area contributed by atoms with Gasteiger partial charge in [0.15, 0.2) is 0 Å². The number of carbonyl (C=O) groups is 2. The first-order chi connectivity index (χ1) is 15.3. The lowest BCUT2D eigenvalue weighted by Crippen LogP contribution is -2.53. The molecular weight excluding hydrogens is 402 g/mol. The van der Waals surface area contributed by atoms with Crippen molar-refractivity contribution in [1.82, 2.24) is 10.3 Å². The number of nitrogens with zero attached hydrogens (tertiary/aromatic N) is 2. The van der Waals surface area contributed by atoms with Crippen LogP contribution in [0.2, 0.25) is 0 Å². The molecule has 0 spiro atoms. The van der Waals surface area contributed by atoms with Gasteiger partial charge in [0.1, 0.15) is 5.82 Å². The Hall–Kier alpha value is -2.63. The molecule has 1 aromatic heterocycles. The number of aryl methyl sites for hydroxylation is 1. The number of rotatable bonds is 4. The van der Waals surface area contributed by atoms with E-state index in [0.717, 1.165) is 55.5 Å². The number of hydrogen-bond acceptors (Lipinski definition) is 5. The summed E-state index contributed by atoms with van der Waals surface area (Å²) in [6, 6.07) is 10.5. The van der Waals surface area contributed by atoms with Crippen LogP contribution in [-0.4, -0.2) is 43.1 Å². The van der Waals surface area contributed by atoms with E-state index in [9.17, 15) is 9.59 Å². The number of hydrogen-bond donors (Lipinski definition) is 1. The Bertz CT molecular complexity index is 1000. The van der Waals surface area contributed by atoms with Gasteiger partial charge in [0, 0.05) is 30.4 Å². The molecule has 1 amide bonds. The number of aromatic nitrogens is 1. The van der Waals surface area contributed by atoms with Crippen LogP contribution < -0.4 is 10.2 Å². The summed E-state index contributed by atoms with van der Waals surface area (Å²) in [7, 11) is 1.44. The molecule has 2 fully saturated rings. The number of nitrogens with one attached hydrogen (secondary N) is 1. The van der Waals surface area contributed by atoms with Crippen LogP contribution in [0.4, 0.5) is 5.82 Å². The van der Waals surface area contributed by atoms with Crippen LogP contribution in [0.15, 0.2) is 30.3 Å². The first-order valence-electron chi connectivity index (χ1n) is 11.8. The molecule has 0 radical (unpaired) electrons. The van der Waals surface area contributed by atoms with E-state index in [1.807, 2.05) is 0 Å². The van der Waals surface area contributed by atoms with Crippen molar-refractivity contribution in [3.63, 3.8) is 0 Å². The summed E-state index contributed by atoms with van der Waals surface area (Å²) in [5.41, 5.74) is 2.04. The number of esters is 1. The molecule has 6 nitrogen and oxygen atoms in total. The summed E-state index contributed by atoms with van der Waals surface area (Å²) >= 11 is 0. The Morgan fingerprint density at radius 3 is 2.72 bits per heavy atom. The number of para-hydroxylation sites is 1. The highest BCUT2D eigenvalue weighted by atomic mass is 16.5. The van der Waals surface area contributed by atoms with Gasteiger partial charge in [-0.05, 0) is 55.7 Å². The molecule has 1 N–H and O–H groups in total. The summed E-state index contributed by atoms with van der Waals surface area (Å²) < 4.78 is 4.92. The lowest BCUT2D eigenvalue weighted by Gasteiger charge is -2.44. The van der Waals surface area contributed by atoms with Gasteiger partial charge in [-0.1, -0.05) is 38.5 Å². The Balaban J connectivity index is 1.42. The molecule has 2 unspecified atom stereocenters. The van der Waals surface area contributed by atoms with Gasteiger partial charge in [-0.15, -0.1) is 0 Å². The minimum absolute atomic E-state index is 0.0549. The summed E-state index contributed by atoms with van der Waals surface area (Å²) in [5, 5.41) is 4.41. The third-order valence-corrected chi connectivity index (χ3v) is 7.33. The van der Waals surface area contributed by atoms with Crippen LogP contribution in [0, 0.1) is 24.2 Å². The van der Waals surface area contributed by atoms with Gasteiger partial charge in [0.25, 0.3) is 0 Å². The van der Waals surface area contributed by atoms with Crippen LogP contribution in [0.3, 0.4) is 0 Å². The fraction of sp³-hybridized carbons (Fsp3) is 0.577. The number of piperidine rings is 1. The van der Waals surface area contributed by atoms with Gasteiger partial charge < -0.3 is 15.0 Å². The van der Waals surface area contributed by atoms with Crippen molar-refractivity contribution < 1.29 is 14.3 Å². The van der Waals surface area contributed by atoms with Crippen molar-refractivity contribution in [2.75, 3.05) is 25.1 Å². The van der Waals surface area contributed by atoms with Gasteiger partial charge in [-0.2, -0.15) is 0 Å². The third-order valence-electron chi connectivity index (χ3n) is 7.33. The second kappa shape index (κ2) is 9.08. The first-order valence-corrected chi connectivity index (χ1v) is 11.8. The van der Waals surface area contributed by atoms with Crippen LogP contribution in [-0.2, 0) is 14.3 Å². The van der Waals surface area contributed by atoms with Crippen molar-refractivity contribution in [2.45, 2.75) is 58.9 Å². The monoisotopic (exact) mass is 437 g/mol. The zero-order chi connectivity index (χ0) is 22.9. The molecular formula is C26H35N3O3. The van der Waals surface area contributed by atoms with Crippen LogP contribution in [0.5, 0.6) is 0 Å². The number of amides is 1. The van der Waals surface area contributed by atoms with Crippen molar-refractivity contribution >= 4 is 28.6 Å². The average Bonchev–Trinajstić information content (AvgIpc) is 2.78. The molecule has 2 heterocycles. The van der Waals surface area contributed by atoms with Crippen LogP contribution in [0.25, 0.3) is 10.9 Å². The Labute approximate surface area is 190 Å². The summed E-state index contributed by atoms with van der Waals surface area (Å²) in [6.07, 6.45) is 4.19. The van der Waals surface area contributed by atoms with Crippen LogP contribution in [0.1, 0.15) is 51.5 Å². The maximum absolute atomic E-state index is 13.2. The Morgan fingerprint density at radius 2 is 1.97 bits per heavy atom. The van der Waals surface area contributed by atoms with Gasteiger partial charge in [0.2, 0.25) is 5.91 Å². The molecule has 0 bridgehead atoms. The highest BCUT2D eigenvalue weighted by molar-refractivity contribution is 5.83. The smallest absolute Gasteiger partial charge is 0.308 e. The number of pyridine rings is 1. The predicted molar refractivity (Wildman–Crippen MR) is 126 cm³/mol. The number of ether oxygens (including phenoxy) is 1. The summed E-state index contributed by atoms with van der Waals surface area (Å²) in [5.74, 6) is 0.783. The highest BCUT2D eigenvalue weighted by Gasteiger charge is 2.41. The molecule has 2 aromatic rings. The second-order valence-electron chi connectivity index (χ2n) is 10.2. The van der Waals surface area contributed by atoms with Gasteiger partial charge in [-0.3, -0.25) is 9.59 Å². The molecule has 4 rings (SSSR count). The SMILES string of the molecule is COC(=O)C1CCCC(NC(=O)[C@H]2CCN(c3ccc4cccc(C)c4n3)CC2(C)C)C1. The van der Waals surface area contributed by atoms with Gasteiger partial charge in [0.05, 0.1) is 18.5 Å². The van der Waals surface area contributed by atoms with Crippen molar-refractivity contribution in [3.8, 4) is 0 Å². The van der Waals surface area contributed by atoms with E-state index in [1.54, 1.807) is 0 Å². The van der Waals surface area contributed by atoms with E-state index in [1.165, 1.54) is 12.7 Å². The van der Waals surface area contributed by atoms with Crippen molar-refractivity contribution in [1.29, 1.82) is 0 Å². The molecule has 6 heteroatoms. The lowest BCUT2D eigenvalue weighted by molar-refractivity contribution is -0.147. The molecule has 3 atom stereocenters. The van der Waals surface area contributed by atoms with E-state index in [4.69, 9.17) is 9.72 Å². The van der Waals surface area contributed by atoms with E-state index in [-0.39, 0.29) is 35.2 Å². The fourth-order valence-corrected chi connectivity index (χ4v) is 5.50. The van der Waals surface area contributed by atoms with E-state index >= 15 is 0 Å². The minimum atomic E-state index is -0.179. The first kappa shape index (κ1) is 22.6. The zero-order valence-electron chi connectivity index (χ0n) is 19.7. The molecule has 172 valence electrons. The summed E-state index contributed by atoms with van der Waals surface area (Å²) in [6.45, 7) is 8.03. The molecule has 1 saturated heterocycles. The lowest BCUT2D eigenvalue weighted by atomic mass is 9.73. The molecule has 1 saturated carbocycles. The van der Waals surface area contributed by atoms with Crippen molar-refractivity contribution in [2.24, 2.45) is 17.3 Å². The van der Waals surface area contributed by atoms with Crippen molar-refractivity contribution in [3.05, 3.63) is 35.9 Å². The minimum Gasteiger partial charge on any atom is -0.469 e. The van der Waals surface area contributed by atoms with Gasteiger partial charge >= 0.3 is 5.97 Å². The normalized spacial score (nSPS) is 25.4. The summed E-state index contributed by atoms with van der Waals surface area (Å²) in [4.78, 5) is 32.4. The zero-order valence-corrected chi connectivity index (χ0v) is 19.7. The number of carbonyl (C=O) groups excluding carboxylic acids is 2. The second-order valence-corrected chi connectivity index (χ2v) is 10.2. The Morgan fingerprint density at radius 1 is 1.16 bits per heavy atom. The van der Waals surface area contributed by atoms with E-state index < -0.39 is 0 Å². The quantitative estimate of drug-likeness (QED) is 0.725. The number of benzene rings is 1. The van der Waals surface area contributed by atoms with Crippen LogP contribution >= 0.6 is 0 Å². The molecule has 1 aliphatic carbocycles. The standard InChI is InChI=1S/C26H35N3O3/c1-17-7-5-8-18-11-12-22(28-23(17)18)29-14-13-21(26(2,3)16-29)24(30)27-20-10-6-9-19(15-20)25(31)32-4/h5,7-8,11-12,19-21H,6,9-10,13-16H2,1-4H3,(H,27,30)/t19?,20?,21-/m1/s1. The maximum Gasteiger partial charge on any atom is 0.308 e. The molecule has 32 heavy (non-hydrogen) atoms. The maximum atomic E-state index is 13.2. The highest BCUT2D eigenvalue weighted by Crippen LogP contribution is 2.37. The van der Waals surface area contributed by atoms with Gasteiger partial charge in [-0.25, -0.2) is 4.98 Å². The number of methoxy groups -OCH3 is 1. The Kier molecular flexibility index (Phi) is 6.40. The van der Waals surface area contributed by atoms with E-state index in [2.05, 4.69) is 61.3 Å². The topological polar surface area (TPSA) is 71.5 Å². The fourth-order valence-electron chi connectivity index (χ4n) is 5.50. The number of anilines is 1. The molecule has 2 aliphatic rings. The van der Waals surface area contributed by atoms with E-state index in [0.29, 0.717) is 6.42 Å². The average molecular weight is 438 g/mol. The number of fused-ring (bicyclic) bond motifs is 1. The molecule has 1 aromatic carbocycles.